The van der Waals surface area contributed by atoms with Crippen LogP contribution in [0.5, 0.6) is 11.5 Å². The molecule has 0 amide bonds. The predicted octanol–water partition coefficient (Wildman–Crippen LogP) is 20.7. The molecule has 0 radical (unpaired) electrons. The fourth-order valence-electron chi connectivity index (χ4n) is 13.4. The number of aromatic nitrogens is 6. The van der Waals surface area contributed by atoms with Crippen LogP contribution in [0.2, 0.25) is 0 Å². The zero-order chi connectivity index (χ0) is 61.6. The van der Waals surface area contributed by atoms with E-state index in [2.05, 4.69) is 207 Å². The van der Waals surface area contributed by atoms with Crippen molar-refractivity contribution in [2.45, 2.75) is 168 Å². The van der Waals surface area contributed by atoms with Crippen molar-refractivity contribution >= 4 is 22.1 Å². The number of benzene rings is 8. The first-order valence-electron chi connectivity index (χ1n) is 31.9. The van der Waals surface area contributed by atoms with Gasteiger partial charge in [0, 0.05) is 64.9 Å². The SMILES string of the molecule is CC(C)(C)c1cc(-n2c(-c3ccccc3O)nc3c(-c4[c-]c(-c5cc(-c6[c-]c(-c7cccc8c7nc(-c7ccccc7O)n8-c7cc(C(C)(C)C)cc(C(C)(C)C)c7)cc(C7CCCC7)c6)ncn5)cc(C5CCCC5)c4)cccc32)cc(C(C)(C)C)c1.[Pt].[Pt]. The third-order valence-electron chi connectivity index (χ3n) is 18.7. The third-order valence-corrected chi connectivity index (χ3v) is 18.7. The molecule has 3 heterocycles. The molecule has 11 aromatic rings. The first-order chi connectivity index (χ1) is 41.9. The van der Waals surface area contributed by atoms with Crippen molar-refractivity contribution < 1.29 is 52.3 Å². The van der Waals surface area contributed by atoms with Crippen LogP contribution in [0.15, 0.2) is 158 Å². The van der Waals surface area contributed by atoms with Gasteiger partial charge in [0.15, 0.2) is 0 Å². The maximum atomic E-state index is 11.6. The second-order valence-corrected chi connectivity index (χ2v) is 29.2. The van der Waals surface area contributed by atoms with Gasteiger partial charge in [-0.2, -0.15) is 0 Å². The molecule has 2 fully saturated rings. The maximum Gasteiger partial charge on any atom is 0.148 e. The summed E-state index contributed by atoms with van der Waals surface area (Å²) in [7, 11) is 0. The van der Waals surface area contributed by atoms with Crippen LogP contribution in [-0.4, -0.2) is 39.3 Å². The van der Waals surface area contributed by atoms with Crippen LogP contribution in [0.1, 0.15) is 180 Å². The molecule has 2 N–H and O–H groups in total. The van der Waals surface area contributed by atoms with Gasteiger partial charge < -0.3 is 10.2 Å². The van der Waals surface area contributed by atoms with Crippen molar-refractivity contribution in [2.75, 3.05) is 0 Å². The Morgan fingerprint density at radius 3 is 1.07 bits per heavy atom. The van der Waals surface area contributed by atoms with Gasteiger partial charge in [-0.15, -0.1) is 58.7 Å². The minimum Gasteiger partial charge on any atom is -0.507 e. The van der Waals surface area contributed by atoms with Crippen molar-refractivity contribution in [3.05, 3.63) is 203 Å². The monoisotopic (exact) mass is 1550 g/mol. The van der Waals surface area contributed by atoms with E-state index in [-0.39, 0.29) is 75.3 Å². The second-order valence-electron chi connectivity index (χ2n) is 29.2. The molecule has 466 valence electrons. The summed E-state index contributed by atoms with van der Waals surface area (Å²) in [6.07, 6.45) is 11.0. The topological polar surface area (TPSA) is 102 Å². The Labute approximate surface area is 561 Å². The van der Waals surface area contributed by atoms with E-state index in [4.69, 9.17) is 19.9 Å². The minimum absolute atomic E-state index is 0. The molecule has 8 aromatic carbocycles. The molecule has 3 aromatic heterocycles. The summed E-state index contributed by atoms with van der Waals surface area (Å²) in [6.45, 7) is 27.2. The first-order valence-corrected chi connectivity index (χ1v) is 31.9. The van der Waals surface area contributed by atoms with E-state index in [0.29, 0.717) is 34.6 Å². The van der Waals surface area contributed by atoms with E-state index in [1.807, 2.05) is 36.4 Å². The van der Waals surface area contributed by atoms with E-state index in [1.165, 1.54) is 59.1 Å². The van der Waals surface area contributed by atoms with Gasteiger partial charge in [-0.05, 0) is 142 Å². The number of hydrogen-bond acceptors (Lipinski definition) is 6. The van der Waals surface area contributed by atoms with Crippen molar-refractivity contribution in [1.29, 1.82) is 0 Å². The molecule has 0 spiro atoms. The zero-order valence-corrected chi connectivity index (χ0v) is 58.6. The number of rotatable bonds is 10. The fraction of sp³-hybridized carbons (Fsp3) is 0.325. The summed E-state index contributed by atoms with van der Waals surface area (Å²) in [6, 6.07) is 61.2. The molecule has 10 heteroatoms. The normalized spacial score (nSPS) is 14.4. The summed E-state index contributed by atoms with van der Waals surface area (Å²) >= 11 is 0. The third kappa shape index (κ3) is 12.5. The molecular formula is C80H82N6O2Pt2-2. The molecular weight excluding hydrogens is 1470 g/mol. The van der Waals surface area contributed by atoms with Gasteiger partial charge >= 0.3 is 0 Å². The van der Waals surface area contributed by atoms with Crippen LogP contribution in [0, 0.1) is 12.1 Å². The van der Waals surface area contributed by atoms with Crippen molar-refractivity contribution in [1.82, 2.24) is 29.1 Å². The Morgan fingerprint density at radius 1 is 0.389 bits per heavy atom. The summed E-state index contributed by atoms with van der Waals surface area (Å²) in [5.41, 5.74) is 21.1. The molecule has 2 aliphatic rings. The number of phenols is 2. The molecule has 0 unspecified atom stereocenters. The minimum atomic E-state index is -0.116. The van der Waals surface area contributed by atoms with Gasteiger partial charge in [0.2, 0.25) is 0 Å². The van der Waals surface area contributed by atoms with Gasteiger partial charge in [0.05, 0.1) is 39.5 Å². The van der Waals surface area contributed by atoms with Crippen LogP contribution < -0.4 is 0 Å². The Hall–Kier alpha value is -7.24. The Morgan fingerprint density at radius 2 is 0.722 bits per heavy atom. The van der Waals surface area contributed by atoms with E-state index in [9.17, 15) is 10.2 Å². The molecule has 8 nitrogen and oxygen atoms in total. The predicted molar refractivity (Wildman–Crippen MR) is 362 cm³/mol. The fourth-order valence-corrected chi connectivity index (χ4v) is 13.4. The van der Waals surface area contributed by atoms with E-state index in [1.54, 1.807) is 18.5 Å². The van der Waals surface area contributed by atoms with Crippen molar-refractivity contribution in [3.63, 3.8) is 0 Å². The summed E-state index contributed by atoms with van der Waals surface area (Å²) in [5, 5.41) is 23.2. The molecule has 2 saturated carbocycles. The number of para-hydroxylation sites is 4. The molecule has 90 heavy (non-hydrogen) atoms. The molecule has 0 saturated heterocycles. The zero-order valence-electron chi connectivity index (χ0n) is 54.0. The molecule has 13 rings (SSSR count). The van der Waals surface area contributed by atoms with E-state index in [0.717, 1.165) is 104 Å². The second kappa shape index (κ2) is 24.8. The first kappa shape index (κ1) is 64.3. The van der Waals surface area contributed by atoms with Crippen molar-refractivity contribution in [3.8, 4) is 90.4 Å². The van der Waals surface area contributed by atoms with Gasteiger partial charge in [-0.1, -0.05) is 198 Å². The van der Waals surface area contributed by atoms with Gasteiger partial charge in [0.1, 0.15) is 23.1 Å². The Kier molecular flexibility index (Phi) is 17.7. The number of nitrogens with zero attached hydrogens (tertiary/aromatic N) is 6. The van der Waals surface area contributed by atoms with E-state index < -0.39 is 0 Å². The summed E-state index contributed by atoms with van der Waals surface area (Å²) in [5.74, 6) is 2.51. The number of aromatic hydroxyl groups is 2. The van der Waals surface area contributed by atoms with Gasteiger partial charge in [0.25, 0.3) is 0 Å². The Balaban J connectivity index is 0.00000417. The van der Waals surface area contributed by atoms with Gasteiger partial charge in [-0.25, -0.2) is 9.97 Å². The van der Waals surface area contributed by atoms with Crippen LogP contribution >= 0.6 is 0 Å². The van der Waals surface area contributed by atoms with Crippen LogP contribution in [0.25, 0.3) is 101 Å². The number of phenolic OH excluding ortho intramolecular Hbond substituents is 2. The molecule has 0 bridgehead atoms. The van der Waals surface area contributed by atoms with Gasteiger partial charge in [-0.3, -0.25) is 19.1 Å². The van der Waals surface area contributed by atoms with Crippen LogP contribution in [-0.2, 0) is 63.8 Å². The van der Waals surface area contributed by atoms with E-state index >= 15 is 0 Å². The average molecular weight is 1550 g/mol. The summed E-state index contributed by atoms with van der Waals surface area (Å²) in [4.78, 5) is 21.2. The largest absolute Gasteiger partial charge is 0.507 e. The molecule has 0 atom stereocenters. The van der Waals surface area contributed by atoms with Crippen LogP contribution in [0.4, 0.5) is 0 Å². The Bertz CT molecular complexity index is 4150. The molecule has 0 aliphatic heterocycles. The standard InChI is InChI=1S/C80H82N6O2.2Pt/c1-77(2,3)57-41-58(78(4,5)6)44-61(43-57)85-69-31-21-29-63(73(69)83-75(85)65-27-17-19-33-71(65)87)53-35-51(49-23-13-14-24-49)37-55(39-53)67-47-68(82-48-81-67)56-38-52(50-25-15-16-26-50)36-54(40-56)64-30-22-32-70-74(64)84-76(66-28-18-20-34-72(66)88)86(70)62-45-59(79(7,8)9)42-60(46-62)80(10,11)12;;/h17-22,27-38,41-50,87-88H,13-16,23-26H2,1-12H3;;/q-2;;. The summed E-state index contributed by atoms with van der Waals surface area (Å²) < 4.78 is 4.49. The van der Waals surface area contributed by atoms with Crippen LogP contribution in [0.3, 0.4) is 0 Å². The van der Waals surface area contributed by atoms with Crippen molar-refractivity contribution in [2.24, 2.45) is 0 Å². The quantitative estimate of drug-likeness (QED) is 0.132. The number of fused-ring (bicyclic) bond motifs is 2. The smallest absolute Gasteiger partial charge is 0.148 e. The number of imidazole rings is 2. The number of hydrogen-bond donors (Lipinski definition) is 2. The molecule has 2 aliphatic carbocycles. The maximum absolute atomic E-state index is 11.6. The average Bonchev–Trinajstić information content (AvgIpc) is 1.58.